The standard InChI is InChI=1S/C13H10N2O5/c16-13(17)10-5-3-4-9(14-10)8-20-12-7-2-1-6-11(12)15(18)19/h1-7H,8H2,(H,16,17). The number of aromatic carboxylic acids is 1. The van der Waals surface area contributed by atoms with E-state index in [1.54, 1.807) is 12.1 Å². The van der Waals surface area contributed by atoms with E-state index in [9.17, 15) is 14.9 Å². The second kappa shape index (κ2) is 5.79. The molecule has 2 aromatic rings. The van der Waals surface area contributed by atoms with Crippen LogP contribution in [0.5, 0.6) is 5.75 Å². The van der Waals surface area contributed by atoms with Gasteiger partial charge in [-0.2, -0.15) is 0 Å². The molecule has 2 rings (SSSR count). The number of nitro benzene ring substituents is 1. The summed E-state index contributed by atoms with van der Waals surface area (Å²) in [6, 6.07) is 10.4. The molecule has 0 aliphatic carbocycles. The Labute approximate surface area is 113 Å². The quantitative estimate of drug-likeness (QED) is 0.662. The van der Waals surface area contributed by atoms with Crippen molar-refractivity contribution < 1.29 is 19.6 Å². The number of hydrogen-bond acceptors (Lipinski definition) is 5. The van der Waals surface area contributed by atoms with Crippen LogP contribution in [0.25, 0.3) is 0 Å². The highest BCUT2D eigenvalue weighted by atomic mass is 16.6. The van der Waals surface area contributed by atoms with Gasteiger partial charge in [-0.1, -0.05) is 18.2 Å². The first-order chi connectivity index (χ1) is 9.58. The third-order valence-electron chi connectivity index (χ3n) is 2.46. The van der Waals surface area contributed by atoms with E-state index in [2.05, 4.69) is 4.98 Å². The van der Waals surface area contributed by atoms with Crippen LogP contribution in [-0.2, 0) is 6.61 Å². The molecule has 1 N–H and O–H groups in total. The maximum absolute atomic E-state index is 10.8. The van der Waals surface area contributed by atoms with Crippen molar-refractivity contribution in [2.75, 3.05) is 0 Å². The lowest BCUT2D eigenvalue weighted by Crippen LogP contribution is -2.05. The minimum Gasteiger partial charge on any atom is -0.480 e. The number of carboxylic acid groups (broad SMARTS) is 1. The number of aromatic nitrogens is 1. The smallest absolute Gasteiger partial charge is 0.354 e. The molecule has 0 saturated carbocycles. The highest BCUT2D eigenvalue weighted by Gasteiger charge is 2.14. The number of carbonyl (C=O) groups is 1. The van der Waals surface area contributed by atoms with Crippen molar-refractivity contribution in [1.82, 2.24) is 4.98 Å². The Kier molecular flexibility index (Phi) is 3.90. The van der Waals surface area contributed by atoms with Crippen molar-refractivity contribution in [2.45, 2.75) is 6.61 Å². The molecule has 0 radical (unpaired) electrons. The van der Waals surface area contributed by atoms with Crippen LogP contribution in [0.1, 0.15) is 16.2 Å². The van der Waals surface area contributed by atoms with Crippen LogP contribution in [-0.4, -0.2) is 21.0 Å². The van der Waals surface area contributed by atoms with E-state index in [0.29, 0.717) is 5.69 Å². The summed E-state index contributed by atoms with van der Waals surface area (Å²) in [5.41, 5.74) is 0.124. The highest BCUT2D eigenvalue weighted by Crippen LogP contribution is 2.26. The van der Waals surface area contributed by atoms with Crippen molar-refractivity contribution in [2.24, 2.45) is 0 Å². The summed E-state index contributed by atoms with van der Waals surface area (Å²) in [7, 11) is 0. The van der Waals surface area contributed by atoms with Crippen LogP contribution >= 0.6 is 0 Å². The second-order valence-electron chi connectivity index (χ2n) is 3.83. The Morgan fingerprint density at radius 2 is 2.00 bits per heavy atom. The average molecular weight is 274 g/mol. The molecule has 102 valence electrons. The molecule has 20 heavy (non-hydrogen) atoms. The normalized spacial score (nSPS) is 10.0. The van der Waals surface area contributed by atoms with Crippen molar-refractivity contribution in [1.29, 1.82) is 0 Å². The predicted octanol–water partition coefficient (Wildman–Crippen LogP) is 2.27. The third kappa shape index (κ3) is 3.08. The van der Waals surface area contributed by atoms with Gasteiger partial charge in [0, 0.05) is 6.07 Å². The Morgan fingerprint density at radius 3 is 2.70 bits per heavy atom. The molecular weight excluding hydrogens is 264 g/mol. The molecule has 0 amide bonds. The van der Waals surface area contributed by atoms with Gasteiger partial charge in [0.2, 0.25) is 0 Å². The summed E-state index contributed by atoms with van der Waals surface area (Å²) in [5, 5.41) is 19.6. The summed E-state index contributed by atoms with van der Waals surface area (Å²) in [6.07, 6.45) is 0. The molecule has 0 atom stereocenters. The monoisotopic (exact) mass is 274 g/mol. The molecule has 0 fully saturated rings. The van der Waals surface area contributed by atoms with E-state index in [-0.39, 0.29) is 23.7 Å². The van der Waals surface area contributed by atoms with Crippen molar-refractivity contribution in [3.8, 4) is 5.75 Å². The third-order valence-corrected chi connectivity index (χ3v) is 2.46. The van der Waals surface area contributed by atoms with Crippen LogP contribution in [0.3, 0.4) is 0 Å². The molecule has 0 unspecified atom stereocenters. The maximum Gasteiger partial charge on any atom is 0.354 e. The Morgan fingerprint density at radius 1 is 1.25 bits per heavy atom. The minimum absolute atomic E-state index is 0.0496. The maximum atomic E-state index is 10.8. The lowest BCUT2D eigenvalue weighted by Gasteiger charge is -2.06. The molecule has 7 heteroatoms. The predicted molar refractivity (Wildman–Crippen MR) is 68.6 cm³/mol. The van der Waals surface area contributed by atoms with Gasteiger partial charge in [-0.3, -0.25) is 10.1 Å². The average Bonchev–Trinajstić information content (AvgIpc) is 2.45. The van der Waals surface area contributed by atoms with Crippen LogP contribution in [0.15, 0.2) is 42.5 Å². The zero-order chi connectivity index (χ0) is 14.5. The van der Waals surface area contributed by atoms with Gasteiger partial charge in [-0.05, 0) is 18.2 Å². The number of rotatable bonds is 5. The fourth-order valence-electron chi connectivity index (χ4n) is 1.56. The molecule has 1 heterocycles. The molecule has 1 aromatic carbocycles. The van der Waals surface area contributed by atoms with Crippen molar-refractivity contribution in [3.05, 3.63) is 64.0 Å². The zero-order valence-electron chi connectivity index (χ0n) is 10.2. The molecule has 0 saturated heterocycles. The van der Waals surface area contributed by atoms with E-state index < -0.39 is 10.9 Å². The molecule has 1 aromatic heterocycles. The molecular formula is C13H10N2O5. The van der Waals surface area contributed by atoms with Crippen molar-refractivity contribution >= 4 is 11.7 Å². The number of nitro groups is 1. The number of nitrogens with zero attached hydrogens (tertiary/aromatic N) is 2. The van der Waals surface area contributed by atoms with Gasteiger partial charge in [0.25, 0.3) is 0 Å². The number of para-hydroxylation sites is 2. The Bertz CT molecular complexity index is 657. The van der Waals surface area contributed by atoms with Gasteiger partial charge in [0.15, 0.2) is 5.75 Å². The fourth-order valence-corrected chi connectivity index (χ4v) is 1.56. The molecule has 7 nitrogen and oxygen atoms in total. The second-order valence-corrected chi connectivity index (χ2v) is 3.83. The van der Waals surface area contributed by atoms with E-state index >= 15 is 0 Å². The van der Waals surface area contributed by atoms with Crippen LogP contribution in [0, 0.1) is 10.1 Å². The first kappa shape index (κ1) is 13.5. The van der Waals surface area contributed by atoms with E-state index in [1.165, 1.54) is 30.3 Å². The zero-order valence-corrected chi connectivity index (χ0v) is 10.2. The number of hydrogen-bond donors (Lipinski definition) is 1. The van der Waals surface area contributed by atoms with E-state index in [4.69, 9.17) is 9.84 Å². The summed E-state index contributed by atoms with van der Waals surface area (Å²) >= 11 is 0. The van der Waals surface area contributed by atoms with Gasteiger partial charge >= 0.3 is 11.7 Å². The minimum atomic E-state index is -1.14. The summed E-state index contributed by atoms with van der Waals surface area (Å²) < 4.78 is 5.32. The number of carboxylic acids is 1. The van der Waals surface area contributed by atoms with Gasteiger partial charge < -0.3 is 9.84 Å². The first-order valence-corrected chi connectivity index (χ1v) is 5.63. The van der Waals surface area contributed by atoms with Gasteiger partial charge in [-0.15, -0.1) is 0 Å². The molecule has 0 spiro atoms. The topological polar surface area (TPSA) is 103 Å². The Balaban J connectivity index is 2.15. The molecule has 0 aliphatic heterocycles. The summed E-state index contributed by atoms with van der Waals surface area (Å²) in [6.45, 7) is -0.0496. The van der Waals surface area contributed by atoms with Crippen molar-refractivity contribution in [3.63, 3.8) is 0 Å². The summed E-state index contributed by atoms with van der Waals surface area (Å²) in [5.74, 6) is -1.03. The van der Waals surface area contributed by atoms with Crippen LogP contribution < -0.4 is 4.74 Å². The number of ether oxygens (including phenoxy) is 1. The largest absolute Gasteiger partial charge is 0.480 e. The lowest BCUT2D eigenvalue weighted by atomic mass is 10.3. The van der Waals surface area contributed by atoms with E-state index in [0.717, 1.165) is 0 Å². The van der Waals surface area contributed by atoms with E-state index in [1.807, 2.05) is 0 Å². The van der Waals surface area contributed by atoms with Crippen LogP contribution in [0.2, 0.25) is 0 Å². The summed E-state index contributed by atoms with van der Waals surface area (Å²) in [4.78, 5) is 24.9. The molecule has 0 aliphatic rings. The molecule has 0 bridgehead atoms. The van der Waals surface area contributed by atoms with Gasteiger partial charge in [-0.25, -0.2) is 9.78 Å². The van der Waals surface area contributed by atoms with Gasteiger partial charge in [0.1, 0.15) is 12.3 Å². The Hall–Kier alpha value is -2.96. The fraction of sp³-hybridized carbons (Fsp3) is 0.0769. The van der Waals surface area contributed by atoms with Gasteiger partial charge in [0.05, 0.1) is 10.6 Å². The lowest BCUT2D eigenvalue weighted by molar-refractivity contribution is -0.385. The SMILES string of the molecule is O=C(O)c1cccc(COc2ccccc2[N+](=O)[O-])n1. The highest BCUT2D eigenvalue weighted by molar-refractivity contribution is 5.85. The number of benzene rings is 1. The van der Waals surface area contributed by atoms with Crippen LogP contribution in [0.4, 0.5) is 5.69 Å². The first-order valence-electron chi connectivity index (χ1n) is 5.63. The number of pyridine rings is 1.